The van der Waals surface area contributed by atoms with E-state index in [1.165, 1.54) is 43.4 Å². The molecule has 0 amide bonds. The van der Waals surface area contributed by atoms with Crippen LogP contribution in [0.3, 0.4) is 0 Å². The number of piperazine rings is 1. The predicted molar refractivity (Wildman–Crippen MR) is 116 cm³/mol. The van der Waals surface area contributed by atoms with Crippen LogP contribution in [0, 0.1) is 0 Å². The molecule has 7 nitrogen and oxygen atoms in total. The van der Waals surface area contributed by atoms with Crippen molar-refractivity contribution in [3.63, 3.8) is 0 Å². The maximum absolute atomic E-state index is 4.58. The Kier molecular flexibility index (Phi) is 6.45. The van der Waals surface area contributed by atoms with E-state index in [4.69, 9.17) is 0 Å². The van der Waals surface area contributed by atoms with Crippen LogP contribution in [0.4, 0.5) is 5.69 Å². The molecule has 1 aromatic carbocycles. The Hall–Kier alpha value is -1.99. The highest BCUT2D eigenvalue weighted by Crippen LogP contribution is 2.34. The largest absolute Gasteiger partial charge is 0.378 e. The number of nitrogens with zero attached hydrogens (tertiary/aromatic N) is 7. The molecule has 1 saturated heterocycles. The van der Waals surface area contributed by atoms with Gasteiger partial charge in [-0.15, -0.1) is 5.10 Å². The van der Waals surface area contributed by atoms with E-state index in [1.54, 1.807) is 0 Å². The van der Waals surface area contributed by atoms with Crippen LogP contribution in [-0.4, -0.2) is 76.8 Å². The second-order valence-corrected chi connectivity index (χ2v) is 8.63. The van der Waals surface area contributed by atoms with Crippen molar-refractivity contribution in [2.45, 2.75) is 51.1 Å². The topological polar surface area (TPSA) is 53.3 Å². The van der Waals surface area contributed by atoms with Crippen molar-refractivity contribution in [2.75, 3.05) is 51.7 Å². The summed E-state index contributed by atoms with van der Waals surface area (Å²) >= 11 is 0. The molecule has 0 spiro atoms. The molecule has 0 N–H and O–H groups in total. The first-order valence-electron chi connectivity index (χ1n) is 11.2. The average molecular weight is 398 g/mol. The average Bonchev–Trinajstić information content (AvgIpc) is 3.25. The number of anilines is 1. The summed E-state index contributed by atoms with van der Waals surface area (Å²) in [4.78, 5) is 7.24. The number of benzene rings is 1. The molecule has 158 valence electrons. The van der Waals surface area contributed by atoms with Crippen molar-refractivity contribution in [3.05, 3.63) is 35.7 Å². The van der Waals surface area contributed by atoms with Crippen LogP contribution in [0.2, 0.25) is 0 Å². The maximum atomic E-state index is 4.58. The van der Waals surface area contributed by atoms with Crippen LogP contribution in [0.25, 0.3) is 0 Å². The zero-order chi connectivity index (χ0) is 20.2. The van der Waals surface area contributed by atoms with Crippen LogP contribution >= 0.6 is 0 Å². The summed E-state index contributed by atoms with van der Waals surface area (Å²) in [6.45, 7) is 7.67. The fourth-order valence-corrected chi connectivity index (χ4v) is 4.78. The van der Waals surface area contributed by atoms with Gasteiger partial charge in [-0.1, -0.05) is 38.3 Å². The zero-order valence-electron chi connectivity index (χ0n) is 18.2. The molecule has 29 heavy (non-hydrogen) atoms. The molecule has 7 heteroatoms. The van der Waals surface area contributed by atoms with E-state index < -0.39 is 0 Å². The van der Waals surface area contributed by atoms with Crippen LogP contribution in [-0.2, 0) is 0 Å². The predicted octanol–water partition coefficient (Wildman–Crippen LogP) is 2.97. The number of hydrogen-bond acceptors (Lipinski definition) is 6. The number of aromatic nitrogens is 4. The van der Waals surface area contributed by atoms with Crippen molar-refractivity contribution >= 4 is 5.69 Å². The molecular weight excluding hydrogens is 362 g/mol. The SMILES string of the molecule is CCN1CCN([C@H](c2ccc(N(C)C)cc2)c2nnnn2C2CCCCC2)CC1. The van der Waals surface area contributed by atoms with Gasteiger partial charge in [-0.05, 0) is 47.5 Å². The molecule has 1 aromatic heterocycles. The fraction of sp³-hybridized carbons (Fsp3) is 0.682. The van der Waals surface area contributed by atoms with Crippen molar-refractivity contribution < 1.29 is 0 Å². The minimum Gasteiger partial charge on any atom is -0.378 e. The first-order chi connectivity index (χ1) is 14.2. The molecule has 0 unspecified atom stereocenters. The minimum absolute atomic E-state index is 0.113. The Bertz CT molecular complexity index is 756. The molecule has 2 fully saturated rings. The number of tetrazole rings is 1. The Morgan fingerprint density at radius 1 is 1.00 bits per heavy atom. The fourth-order valence-electron chi connectivity index (χ4n) is 4.78. The van der Waals surface area contributed by atoms with Gasteiger partial charge in [0.2, 0.25) is 0 Å². The van der Waals surface area contributed by atoms with E-state index in [9.17, 15) is 0 Å². The Morgan fingerprint density at radius 2 is 1.69 bits per heavy atom. The standard InChI is InChI=1S/C22H35N7/c1-4-27-14-16-28(17-15-27)21(18-10-12-19(13-11-18)26(2)3)22-23-24-25-29(22)20-8-6-5-7-9-20/h10-13,20-21H,4-9,14-17H2,1-3H3/t21-/m1/s1. The van der Waals surface area contributed by atoms with Gasteiger partial charge in [-0.2, -0.15) is 0 Å². The molecule has 1 atom stereocenters. The van der Waals surface area contributed by atoms with Gasteiger partial charge in [-0.25, -0.2) is 4.68 Å². The Morgan fingerprint density at radius 3 is 2.31 bits per heavy atom. The van der Waals surface area contributed by atoms with Gasteiger partial charge in [0.25, 0.3) is 0 Å². The second-order valence-electron chi connectivity index (χ2n) is 8.63. The highest BCUT2D eigenvalue weighted by atomic mass is 15.6. The third kappa shape index (κ3) is 4.46. The quantitative estimate of drug-likeness (QED) is 0.747. The van der Waals surface area contributed by atoms with Crippen molar-refractivity contribution in [2.24, 2.45) is 0 Å². The smallest absolute Gasteiger partial charge is 0.173 e. The maximum Gasteiger partial charge on any atom is 0.173 e. The van der Waals surface area contributed by atoms with Crippen molar-refractivity contribution in [3.8, 4) is 0 Å². The lowest BCUT2D eigenvalue weighted by Gasteiger charge is -2.39. The molecule has 1 aliphatic heterocycles. The summed E-state index contributed by atoms with van der Waals surface area (Å²) in [6, 6.07) is 9.48. The van der Waals surface area contributed by atoms with Gasteiger partial charge in [0.15, 0.2) is 5.82 Å². The molecule has 1 saturated carbocycles. The molecule has 2 aromatic rings. The summed E-state index contributed by atoms with van der Waals surface area (Å²) in [7, 11) is 4.17. The molecule has 0 bridgehead atoms. The second kappa shape index (κ2) is 9.22. The monoisotopic (exact) mass is 397 g/mol. The minimum atomic E-state index is 0.113. The molecule has 2 aliphatic rings. The van der Waals surface area contributed by atoms with E-state index >= 15 is 0 Å². The van der Waals surface area contributed by atoms with Gasteiger partial charge in [0.05, 0.1) is 12.1 Å². The lowest BCUT2D eigenvalue weighted by atomic mass is 9.95. The van der Waals surface area contributed by atoms with Gasteiger partial charge >= 0.3 is 0 Å². The van der Waals surface area contributed by atoms with Crippen LogP contribution < -0.4 is 4.90 Å². The highest BCUT2D eigenvalue weighted by molar-refractivity contribution is 5.47. The number of rotatable bonds is 6. The van der Waals surface area contributed by atoms with Crippen LogP contribution in [0.1, 0.15) is 62.5 Å². The van der Waals surface area contributed by atoms with E-state index in [-0.39, 0.29) is 6.04 Å². The Labute approximate surface area is 174 Å². The van der Waals surface area contributed by atoms with Crippen LogP contribution in [0.5, 0.6) is 0 Å². The van der Waals surface area contributed by atoms with E-state index in [1.807, 2.05) is 0 Å². The summed E-state index contributed by atoms with van der Waals surface area (Å²) in [5.41, 5.74) is 2.50. The van der Waals surface area contributed by atoms with Gasteiger partial charge < -0.3 is 9.80 Å². The third-order valence-corrected chi connectivity index (χ3v) is 6.63. The zero-order valence-corrected chi connectivity index (χ0v) is 18.2. The summed E-state index contributed by atoms with van der Waals surface area (Å²) in [6.07, 6.45) is 6.27. The lowest BCUT2D eigenvalue weighted by molar-refractivity contribution is 0.107. The summed E-state index contributed by atoms with van der Waals surface area (Å²) in [5, 5.41) is 13.2. The van der Waals surface area contributed by atoms with Crippen molar-refractivity contribution in [1.82, 2.24) is 30.0 Å². The lowest BCUT2D eigenvalue weighted by Crippen LogP contribution is -2.48. The third-order valence-electron chi connectivity index (χ3n) is 6.63. The number of hydrogen-bond donors (Lipinski definition) is 0. The van der Waals surface area contributed by atoms with Crippen molar-refractivity contribution in [1.29, 1.82) is 0 Å². The first kappa shape index (κ1) is 20.3. The first-order valence-corrected chi connectivity index (χ1v) is 11.2. The highest BCUT2D eigenvalue weighted by Gasteiger charge is 2.32. The van der Waals surface area contributed by atoms with E-state index in [0.717, 1.165) is 38.5 Å². The van der Waals surface area contributed by atoms with Gasteiger partial charge in [0, 0.05) is 46.0 Å². The molecular formula is C22H35N7. The normalized spacial score (nSPS) is 20.7. The molecule has 4 rings (SSSR count). The van der Waals surface area contributed by atoms with Crippen LogP contribution in [0.15, 0.2) is 24.3 Å². The number of likely N-dealkylation sites (N-methyl/N-ethyl adjacent to an activating group) is 1. The van der Waals surface area contributed by atoms with E-state index in [0.29, 0.717) is 6.04 Å². The molecule has 1 aliphatic carbocycles. The summed E-state index contributed by atoms with van der Waals surface area (Å²) in [5.74, 6) is 1.01. The summed E-state index contributed by atoms with van der Waals surface area (Å²) < 4.78 is 2.15. The van der Waals surface area contributed by atoms with Gasteiger partial charge in [0.1, 0.15) is 0 Å². The van der Waals surface area contributed by atoms with Gasteiger partial charge in [-0.3, -0.25) is 4.90 Å². The molecule has 0 radical (unpaired) electrons. The molecule has 2 heterocycles. The Balaban J connectivity index is 1.66. The van der Waals surface area contributed by atoms with E-state index in [2.05, 4.69) is 80.2 Å².